The van der Waals surface area contributed by atoms with Crippen molar-refractivity contribution >= 4 is 33.9 Å². The predicted molar refractivity (Wildman–Crippen MR) is 95.5 cm³/mol. The number of thiocarbonyl (C=S) groups is 1. The smallest absolute Gasteiger partial charge is 0.171 e. The zero-order chi connectivity index (χ0) is 16.6. The molecule has 0 amide bonds. The van der Waals surface area contributed by atoms with Crippen molar-refractivity contribution in [1.82, 2.24) is 10.6 Å². The number of nitrogens with one attached hydrogen (secondary N) is 2. The maximum Gasteiger partial charge on any atom is 0.171 e. The minimum Gasteiger partial charge on any atom is -0.496 e. The van der Waals surface area contributed by atoms with Gasteiger partial charge in [-0.25, -0.2) is 0 Å². The highest BCUT2D eigenvalue weighted by atomic mass is 32.1. The number of methoxy groups -OCH3 is 1. The Kier molecular flexibility index (Phi) is 4.05. The number of carbonyl (C=O) groups excluding carboxylic acids is 1. The van der Waals surface area contributed by atoms with Gasteiger partial charge in [0.25, 0.3) is 0 Å². The fourth-order valence-electron chi connectivity index (χ4n) is 3.12. The third-order valence-corrected chi connectivity index (χ3v) is 4.32. The topological polar surface area (TPSA) is 50.4 Å². The van der Waals surface area contributed by atoms with E-state index in [9.17, 15) is 4.79 Å². The van der Waals surface area contributed by atoms with E-state index in [0.29, 0.717) is 10.7 Å². The summed E-state index contributed by atoms with van der Waals surface area (Å²) in [6, 6.07) is 11.7. The maximum atomic E-state index is 12.2. The summed E-state index contributed by atoms with van der Waals surface area (Å²) in [6.07, 6.45) is 0. The molecule has 1 aliphatic heterocycles. The summed E-state index contributed by atoms with van der Waals surface area (Å²) in [5.74, 6) is 0.834. The van der Waals surface area contributed by atoms with Crippen molar-refractivity contribution in [3.8, 4) is 5.75 Å². The number of benzene rings is 2. The average Bonchev–Trinajstić information content (AvgIpc) is 2.52. The summed E-state index contributed by atoms with van der Waals surface area (Å²) in [5.41, 5.74) is 2.51. The second kappa shape index (κ2) is 6.01. The van der Waals surface area contributed by atoms with E-state index in [4.69, 9.17) is 17.0 Å². The number of allylic oxidation sites excluding steroid dienone is 1. The molecule has 0 aliphatic carbocycles. The monoisotopic (exact) mass is 326 g/mol. The van der Waals surface area contributed by atoms with E-state index in [1.807, 2.05) is 43.3 Å². The van der Waals surface area contributed by atoms with Crippen LogP contribution in [0, 0.1) is 0 Å². The Bertz CT molecular complexity index is 842. The van der Waals surface area contributed by atoms with Crippen molar-refractivity contribution in [2.75, 3.05) is 7.11 Å². The number of fused-ring (bicyclic) bond motifs is 1. The first kappa shape index (κ1) is 15.5. The van der Waals surface area contributed by atoms with Crippen LogP contribution in [0.15, 0.2) is 47.7 Å². The van der Waals surface area contributed by atoms with E-state index in [2.05, 4.69) is 10.6 Å². The highest BCUT2D eigenvalue weighted by Gasteiger charge is 2.29. The molecule has 0 bridgehead atoms. The van der Waals surface area contributed by atoms with Crippen molar-refractivity contribution in [1.29, 1.82) is 0 Å². The molecule has 2 N–H and O–H groups in total. The molecule has 0 fully saturated rings. The lowest BCUT2D eigenvalue weighted by Gasteiger charge is -2.30. The molecule has 2 aromatic carbocycles. The van der Waals surface area contributed by atoms with Crippen molar-refractivity contribution in [3.63, 3.8) is 0 Å². The number of hydrogen-bond acceptors (Lipinski definition) is 3. The Balaban J connectivity index is 2.25. The van der Waals surface area contributed by atoms with Crippen LogP contribution in [-0.2, 0) is 4.79 Å². The highest BCUT2D eigenvalue weighted by molar-refractivity contribution is 7.80. The summed E-state index contributed by atoms with van der Waals surface area (Å²) in [4.78, 5) is 12.2. The first-order valence-corrected chi connectivity index (χ1v) is 7.78. The molecular weight excluding hydrogens is 308 g/mol. The van der Waals surface area contributed by atoms with Gasteiger partial charge in [-0.15, -0.1) is 0 Å². The van der Waals surface area contributed by atoms with Gasteiger partial charge in [-0.2, -0.15) is 0 Å². The van der Waals surface area contributed by atoms with Crippen LogP contribution in [0.2, 0.25) is 0 Å². The number of ketones is 1. The van der Waals surface area contributed by atoms with Gasteiger partial charge in [-0.1, -0.05) is 30.3 Å². The highest BCUT2D eigenvalue weighted by Crippen LogP contribution is 2.35. The van der Waals surface area contributed by atoms with Crippen LogP contribution < -0.4 is 15.4 Å². The number of hydrogen-bond donors (Lipinski definition) is 2. The Morgan fingerprint density at radius 2 is 1.87 bits per heavy atom. The van der Waals surface area contributed by atoms with E-state index >= 15 is 0 Å². The molecule has 1 atom stereocenters. The molecule has 0 aromatic heterocycles. The fourth-order valence-corrected chi connectivity index (χ4v) is 3.39. The summed E-state index contributed by atoms with van der Waals surface area (Å²) in [6.45, 7) is 3.46. The minimum absolute atomic E-state index is 0.0231. The standard InChI is InChI=1S/C18H18N2O2S/c1-10-16(11(2)21)17(20-18(23)19-10)14-8-9-15(22-3)13-7-5-4-6-12(13)14/h4-9,17H,1-3H3,(H2,19,20,23). The van der Waals surface area contributed by atoms with Crippen molar-refractivity contribution < 1.29 is 9.53 Å². The Morgan fingerprint density at radius 3 is 2.52 bits per heavy atom. The molecule has 5 heteroatoms. The SMILES string of the molecule is COc1ccc(C2NC(=S)NC(C)=C2C(C)=O)c2ccccc12. The second-order valence-electron chi connectivity index (χ2n) is 5.53. The fraction of sp³-hybridized carbons (Fsp3) is 0.222. The molecular formula is C18H18N2O2S. The maximum absolute atomic E-state index is 12.2. The molecule has 2 aromatic rings. The van der Waals surface area contributed by atoms with E-state index in [1.54, 1.807) is 14.0 Å². The molecule has 3 rings (SSSR count). The third-order valence-electron chi connectivity index (χ3n) is 4.10. The van der Waals surface area contributed by atoms with Crippen LogP contribution in [-0.4, -0.2) is 18.0 Å². The lowest BCUT2D eigenvalue weighted by molar-refractivity contribution is -0.114. The summed E-state index contributed by atoms with van der Waals surface area (Å²) in [7, 11) is 1.66. The zero-order valence-corrected chi connectivity index (χ0v) is 14.1. The van der Waals surface area contributed by atoms with Gasteiger partial charge in [0, 0.05) is 16.7 Å². The lowest BCUT2D eigenvalue weighted by atomic mass is 9.89. The lowest BCUT2D eigenvalue weighted by Crippen LogP contribution is -2.44. The Hall–Kier alpha value is -2.40. The van der Waals surface area contributed by atoms with Gasteiger partial charge in [0.2, 0.25) is 0 Å². The first-order chi connectivity index (χ1) is 11.0. The number of carbonyl (C=O) groups is 1. The van der Waals surface area contributed by atoms with Gasteiger partial charge < -0.3 is 15.4 Å². The van der Waals surface area contributed by atoms with Gasteiger partial charge in [0.15, 0.2) is 10.9 Å². The first-order valence-electron chi connectivity index (χ1n) is 7.37. The van der Waals surface area contributed by atoms with Gasteiger partial charge in [-0.05, 0) is 43.1 Å². The summed E-state index contributed by atoms with van der Waals surface area (Å²) in [5, 5.41) is 8.84. The molecule has 1 unspecified atom stereocenters. The minimum atomic E-state index is -0.267. The van der Waals surface area contributed by atoms with Crippen LogP contribution in [0.4, 0.5) is 0 Å². The quantitative estimate of drug-likeness (QED) is 0.848. The van der Waals surface area contributed by atoms with E-state index in [0.717, 1.165) is 27.8 Å². The molecule has 0 radical (unpaired) electrons. The Labute approximate surface area is 140 Å². The van der Waals surface area contributed by atoms with Crippen LogP contribution >= 0.6 is 12.2 Å². The Morgan fingerprint density at radius 1 is 1.17 bits per heavy atom. The van der Waals surface area contributed by atoms with Crippen LogP contribution in [0.5, 0.6) is 5.75 Å². The van der Waals surface area contributed by atoms with Crippen molar-refractivity contribution in [2.45, 2.75) is 19.9 Å². The largest absolute Gasteiger partial charge is 0.496 e. The van der Waals surface area contributed by atoms with Crippen molar-refractivity contribution in [3.05, 3.63) is 53.2 Å². The molecule has 23 heavy (non-hydrogen) atoms. The molecule has 0 saturated carbocycles. The predicted octanol–water partition coefficient (Wildman–Crippen LogP) is 3.23. The van der Waals surface area contributed by atoms with E-state index in [-0.39, 0.29) is 11.8 Å². The van der Waals surface area contributed by atoms with Gasteiger partial charge in [-0.3, -0.25) is 4.79 Å². The molecule has 4 nitrogen and oxygen atoms in total. The van der Waals surface area contributed by atoms with Crippen LogP contribution in [0.3, 0.4) is 0 Å². The van der Waals surface area contributed by atoms with E-state index in [1.165, 1.54) is 0 Å². The van der Waals surface area contributed by atoms with Gasteiger partial charge in [0.1, 0.15) is 5.75 Å². The summed E-state index contributed by atoms with van der Waals surface area (Å²) >= 11 is 5.28. The molecule has 0 spiro atoms. The number of Topliss-reactive ketones (excluding diaryl/α,β-unsaturated/α-hetero) is 1. The number of rotatable bonds is 3. The normalized spacial score (nSPS) is 17.7. The van der Waals surface area contributed by atoms with Crippen LogP contribution in [0.1, 0.15) is 25.5 Å². The zero-order valence-electron chi connectivity index (χ0n) is 13.3. The van der Waals surface area contributed by atoms with Gasteiger partial charge in [0.05, 0.1) is 13.2 Å². The van der Waals surface area contributed by atoms with E-state index < -0.39 is 0 Å². The molecule has 118 valence electrons. The molecule has 1 heterocycles. The third kappa shape index (κ3) is 2.68. The van der Waals surface area contributed by atoms with Crippen molar-refractivity contribution in [2.24, 2.45) is 0 Å². The average molecular weight is 326 g/mol. The molecule has 0 saturated heterocycles. The summed E-state index contributed by atoms with van der Waals surface area (Å²) < 4.78 is 5.45. The second-order valence-corrected chi connectivity index (χ2v) is 5.94. The van der Waals surface area contributed by atoms with Crippen LogP contribution in [0.25, 0.3) is 10.8 Å². The molecule has 1 aliphatic rings. The number of ether oxygens (including phenoxy) is 1. The van der Waals surface area contributed by atoms with Gasteiger partial charge >= 0.3 is 0 Å².